The number of benzene rings is 1. The van der Waals surface area contributed by atoms with Gasteiger partial charge in [-0.1, -0.05) is 43.3 Å². The molecule has 4 heteroatoms. The molecule has 1 aromatic rings. The first-order chi connectivity index (χ1) is 9.64. The van der Waals surface area contributed by atoms with Gasteiger partial charge < -0.3 is 18.9 Å². The van der Waals surface area contributed by atoms with Crippen LogP contribution in [0.1, 0.15) is 18.6 Å². The van der Waals surface area contributed by atoms with Gasteiger partial charge in [0.1, 0.15) is 0 Å². The van der Waals surface area contributed by atoms with Crippen LogP contribution in [-0.2, 0) is 18.9 Å². The normalized spacial score (nSPS) is 30.4. The van der Waals surface area contributed by atoms with Gasteiger partial charge in [-0.3, -0.25) is 0 Å². The highest BCUT2D eigenvalue weighted by Gasteiger charge is 2.43. The summed E-state index contributed by atoms with van der Waals surface area (Å²) in [4.78, 5) is 0. The predicted octanol–water partition coefficient (Wildman–Crippen LogP) is 2.91. The van der Waals surface area contributed by atoms with Crippen LogP contribution in [0.3, 0.4) is 0 Å². The lowest BCUT2D eigenvalue weighted by Crippen LogP contribution is -2.47. The third-order valence-electron chi connectivity index (χ3n) is 3.68. The highest BCUT2D eigenvalue weighted by molar-refractivity contribution is 5.22. The Morgan fingerprint density at radius 3 is 2.50 bits per heavy atom. The van der Waals surface area contributed by atoms with Gasteiger partial charge in [0.15, 0.2) is 0 Å². The Bertz CT molecular complexity index is 429. The van der Waals surface area contributed by atoms with Crippen molar-refractivity contribution in [1.82, 2.24) is 0 Å². The highest BCUT2D eigenvalue weighted by Crippen LogP contribution is 2.43. The Hall–Kier alpha value is -1.20. The fourth-order valence-corrected chi connectivity index (χ4v) is 2.38. The van der Waals surface area contributed by atoms with Gasteiger partial charge in [-0.25, -0.2) is 0 Å². The second kappa shape index (κ2) is 6.50. The van der Waals surface area contributed by atoms with E-state index in [4.69, 9.17) is 18.9 Å². The van der Waals surface area contributed by atoms with E-state index < -0.39 is 12.6 Å². The van der Waals surface area contributed by atoms with Crippen molar-refractivity contribution in [3.8, 4) is 0 Å². The molecule has 20 heavy (non-hydrogen) atoms. The molecule has 1 aliphatic rings. The van der Waals surface area contributed by atoms with Crippen LogP contribution in [0.5, 0.6) is 0 Å². The SMILES string of the molecule is C=C[C@@]1(C)CO[C@H](C(OC)OC)O[C@@H]1c1ccccc1. The van der Waals surface area contributed by atoms with E-state index in [0.29, 0.717) is 6.61 Å². The summed E-state index contributed by atoms with van der Waals surface area (Å²) in [7, 11) is 3.14. The Labute approximate surface area is 120 Å². The minimum atomic E-state index is -0.553. The van der Waals surface area contributed by atoms with Gasteiger partial charge in [-0.2, -0.15) is 0 Å². The van der Waals surface area contributed by atoms with Crippen molar-refractivity contribution < 1.29 is 18.9 Å². The molecule has 3 atom stereocenters. The molecule has 2 rings (SSSR count). The molecule has 1 saturated heterocycles. The molecule has 0 amide bonds. The fourth-order valence-electron chi connectivity index (χ4n) is 2.38. The summed E-state index contributed by atoms with van der Waals surface area (Å²) in [6.45, 7) is 6.50. The van der Waals surface area contributed by atoms with Gasteiger partial charge in [0.2, 0.25) is 12.6 Å². The van der Waals surface area contributed by atoms with Gasteiger partial charge in [0.05, 0.1) is 12.7 Å². The first-order valence-electron chi connectivity index (χ1n) is 6.66. The highest BCUT2D eigenvalue weighted by atomic mass is 16.8. The van der Waals surface area contributed by atoms with Crippen LogP contribution in [0.4, 0.5) is 0 Å². The van der Waals surface area contributed by atoms with Crippen LogP contribution in [-0.4, -0.2) is 33.4 Å². The zero-order valence-electron chi connectivity index (χ0n) is 12.2. The Morgan fingerprint density at radius 1 is 1.30 bits per heavy atom. The van der Waals surface area contributed by atoms with Gasteiger partial charge in [0, 0.05) is 19.6 Å². The maximum absolute atomic E-state index is 6.08. The largest absolute Gasteiger partial charge is 0.351 e. The molecule has 4 nitrogen and oxygen atoms in total. The number of methoxy groups -OCH3 is 2. The van der Waals surface area contributed by atoms with Crippen LogP contribution in [0.25, 0.3) is 0 Å². The summed E-state index contributed by atoms with van der Waals surface area (Å²) < 4.78 is 22.3. The second-order valence-electron chi connectivity index (χ2n) is 5.16. The predicted molar refractivity (Wildman–Crippen MR) is 76.1 cm³/mol. The molecule has 0 saturated carbocycles. The molecule has 0 unspecified atom stereocenters. The standard InChI is InChI=1S/C16H22O4/c1-5-16(2)11-19-15(14(17-3)18-4)20-13(16)12-9-7-6-8-10-12/h5-10,13-15H,1,11H2,2-4H3/t13-,15+,16+/m1/s1. The Balaban J connectivity index is 2.25. The van der Waals surface area contributed by atoms with Crippen molar-refractivity contribution in [3.63, 3.8) is 0 Å². The lowest BCUT2D eigenvalue weighted by atomic mass is 9.80. The third-order valence-corrected chi connectivity index (χ3v) is 3.68. The molecule has 1 fully saturated rings. The lowest BCUT2D eigenvalue weighted by molar-refractivity contribution is -0.330. The van der Waals surface area contributed by atoms with Crippen LogP contribution in [0.2, 0.25) is 0 Å². The first-order valence-corrected chi connectivity index (χ1v) is 6.66. The van der Waals surface area contributed by atoms with Crippen molar-refractivity contribution in [2.24, 2.45) is 5.41 Å². The van der Waals surface area contributed by atoms with Crippen molar-refractivity contribution >= 4 is 0 Å². The van der Waals surface area contributed by atoms with E-state index in [-0.39, 0.29) is 11.5 Å². The molecule has 1 aromatic carbocycles. The van der Waals surface area contributed by atoms with Crippen LogP contribution >= 0.6 is 0 Å². The Morgan fingerprint density at radius 2 is 1.95 bits per heavy atom. The summed E-state index contributed by atoms with van der Waals surface area (Å²) in [5.74, 6) is 0. The maximum atomic E-state index is 6.08. The third kappa shape index (κ3) is 2.94. The average Bonchev–Trinajstić information content (AvgIpc) is 2.51. The molecule has 0 radical (unpaired) electrons. The average molecular weight is 278 g/mol. The smallest absolute Gasteiger partial charge is 0.210 e. The van der Waals surface area contributed by atoms with Crippen molar-refractivity contribution in [2.45, 2.75) is 25.6 Å². The van der Waals surface area contributed by atoms with Gasteiger partial charge >= 0.3 is 0 Å². The molecule has 0 aliphatic carbocycles. The number of rotatable bonds is 5. The summed E-state index contributed by atoms with van der Waals surface area (Å²) >= 11 is 0. The second-order valence-corrected chi connectivity index (χ2v) is 5.16. The number of hydrogen-bond donors (Lipinski definition) is 0. The maximum Gasteiger partial charge on any atom is 0.210 e. The monoisotopic (exact) mass is 278 g/mol. The molecule has 0 N–H and O–H groups in total. The van der Waals surface area contributed by atoms with Crippen LogP contribution < -0.4 is 0 Å². The molecule has 0 bridgehead atoms. The van der Waals surface area contributed by atoms with E-state index in [9.17, 15) is 0 Å². The quantitative estimate of drug-likeness (QED) is 0.613. The van der Waals surface area contributed by atoms with E-state index in [1.54, 1.807) is 14.2 Å². The Kier molecular flexibility index (Phi) is 4.94. The first kappa shape index (κ1) is 15.2. The zero-order chi connectivity index (χ0) is 14.6. The molecule has 0 aromatic heterocycles. The minimum absolute atomic E-state index is 0.146. The molecule has 1 heterocycles. The summed E-state index contributed by atoms with van der Waals surface area (Å²) in [5.41, 5.74) is 0.804. The van der Waals surface area contributed by atoms with E-state index in [1.807, 2.05) is 36.4 Å². The molecule has 110 valence electrons. The van der Waals surface area contributed by atoms with E-state index in [1.165, 1.54) is 0 Å². The van der Waals surface area contributed by atoms with E-state index in [2.05, 4.69) is 13.5 Å². The molecule has 1 aliphatic heterocycles. The van der Waals surface area contributed by atoms with Crippen LogP contribution in [0, 0.1) is 5.41 Å². The van der Waals surface area contributed by atoms with Crippen molar-refractivity contribution in [2.75, 3.05) is 20.8 Å². The fraction of sp³-hybridized carbons (Fsp3) is 0.500. The van der Waals surface area contributed by atoms with E-state index in [0.717, 1.165) is 5.56 Å². The topological polar surface area (TPSA) is 36.9 Å². The molecular weight excluding hydrogens is 256 g/mol. The van der Waals surface area contributed by atoms with E-state index >= 15 is 0 Å². The number of ether oxygens (including phenoxy) is 4. The van der Waals surface area contributed by atoms with Gasteiger partial charge in [-0.05, 0) is 5.56 Å². The minimum Gasteiger partial charge on any atom is -0.351 e. The lowest BCUT2D eigenvalue weighted by Gasteiger charge is -2.43. The van der Waals surface area contributed by atoms with Crippen molar-refractivity contribution in [1.29, 1.82) is 0 Å². The summed E-state index contributed by atoms with van der Waals surface area (Å²) in [5, 5.41) is 0. The van der Waals surface area contributed by atoms with Crippen LogP contribution in [0.15, 0.2) is 43.0 Å². The van der Waals surface area contributed by atoms with Crippen molar-refractivity contribution in [3.05, 3.63) is 48.6 Å². The molecular formula is C16H22O4. The zero-order valence-corrected chi connectivity index (χ0v) is 12.2. The summed E-state index contributed by atoms with van der Waals surface area (Å²) in [6.07, 6.45) is 0.640. The molecule has 0 spiro atoms. The van der Waals surface area contributed by atoms with Gasteiger partial charge in [-0.15, -0.1) is 6.58 Å². The van der Waals surface area contributed by atoms with Gasteiger partial charge in [0.25, 0.3) is 0 Å². The number of hydrogen-bond acceptors (Lipinski definition) is 4. The summed E-state index contributed by atoms with van der Waals surface area (Å²) in [6, 6.07) is 10.1.